The van der Waals surface area contributed by atoms with E-state index in [1.165, 1.54) is 4.90 Å². The highest BCUT2D eigenvalue weighted by Gasteiger charge is 2.45. The number of halogens is 2. The van der Waals surface area contributed by atoms with Gasteiger partial charge >= 0.3 is 0 Å². The highest BCUT2D eigenvalue weighted by atomic mass is 79.9. The van der Waals surface area contributed by atoms with Crippen LogP contribution in [0.3, 0.4) is 0 Å². The first-order chi connectivity index (χ1) is 15.4. The van der Waals surface area contributed by atoms with Crippen LogP contribution in [0.1, 0.15) is 35.0 Å². The van der Waals surface area contributed by atoms with E-state index in [0.29, 0.717) is 22.8 Å². The van der Waals surface area contributed by atoms with Crippen LogP contribution in [0.4, 0.5) is 0 Å². The lowest BCUT2D eigenvalue weighted by Gasteiger charge is -2.28. The highest BCUT2D eigenvalue weighted by molar-refractivity contribution is 9.10. The van der Waals surface area contributed by atoms with Crippen molar-refractivity contribution in [3.63, 3.8) is 0 Å². The van der Waals surface area contributed by atoms with Gasteiger partial charge in [-0.1, -0.05) is 39.7 Å². The number of carbonyl (C=O) groups excluding carboxylic acids is 2. The molecule has 2 aromatic carbocycles. The first-order valence-corrected chi connectivity index (χ1v) is 11.4. The van der Waals surface area contributed by atoms with E-state index in [-0.39, 0.29) is 24.0 Å². The number of ether oxygens (including phenoxy) is 1. The molecule has 0 bridgehead atoms. The molecule has 3 aromatic rings. The Labute approximate surface area is 197 Å². The van der Waals surface area contributed by atoms with E-state index in [2.05, 4.69) is 15.9 Å². The number of hydrogen-bond acceptors (Lipinski definition) is 5. The summed E-state index contributed by atoms with van der Waals surface area (Å²) < 4.78 is 12.3. The summed E-state index contributed by atoms with van der Waals surface area (Å²) in [5.41, 5.74) is 1.21. The summed E-state index contributed by atoms with van der Waals surface area (Å²) in [5, 5.41) is 12.1. The van der Waals surface area contributed by atoms with Gasteiger partial charge in [-0.05, 0) is 54.8 Å². The van der Waals surface area contributed by atoms with Crippen molar-refractivity contribution in [2.75, 3.05) is 13.2 Å². The Morgan fingerprint density at radius 3 is 2.69 bits per heavy atom. The molecule has 0 saturated carbocycles. The van der Waals surface area contributed by atoms with Gasteiger partial charge in [0.05, 0.1) is 17.7 Å². The molecule has 0 aliphatic carbocycles. The van der Waals surface area contributed by atoms with Gasteiger partial charge in [-0.25, -0.2) is 0 Å². The standard InChI is InChI=1S/C24H19BrClNO5/c25-15-5-8-18-14(10-15)11-19(32-18)22(28)20-21(13-3-6-16(26)7-4-13)27(24(30)23(20)29)12-17-2-1-9-31-17/h3-8,10-11,17,21,29H,1-2,9,12H2. The Balaban J connectivity index is 1.57. The van der Waals surface area contributed by atoms with Gasteiger partial charge in [0.25, 0.3) is 5.91 Å². The molecule has 5 rings (SSSR count). The molecule has 1 amide bonds. The molecule has 1 aromatic heterocycles. The van der Waals surface area contributed by atoms with Crippen LogP contribution in [0.25, 0.3) is 11.0 Å². The summed E-state index contributed by atoms with van der Waals surface area (Å²) in [6.07, 6.45) is 1.59. The third-order valence-corrected chi connectivity index (χ3v) is 6.61. The summed E-state index contributed by atoms with van der Waals surface area (Å²) in [6.45, 7) is 0.915. The predicted molar refractivity (Wildman–Crippen MR) is 123 cm³/mol. The average molecular weight is 517 g/mol. The number of rotatable bonds is 5. The maximum absolute atomic E-state index is 13.5. The SMILES string of the molecule is O=C(C1=C(O)C(=O)N(CC2CCCO2)C1c1ccc(Cl)cc1)c1cc2cc(Br)ccc2o1. The molecule has 164 valence electrons. The fourth-order valence-electron chi connectivity index (χ4n) is 4.33. The van der Waals surface area contributed by atoms with E-state index in [4.69, 9.17) is 20.8 Å². The summed E-state index contributed by atoms with van der Waals surface area (Å²) in [7, 11) is 0. The maximum Gasteiger partial charge on any atom is 0.290 e. The quantitative estimate of drug-likeness (QED) is 0.446. The molecule has 32 heavy (non-hydrogen) atoms. The Kier molecular flexibility index (Phi) is 5.57. The van der Waals surface area contributed by atoms with E-state index < -0.39 is 23.5 Å². The second-order valence-electron chi connectivity index (χ2n) is 7.93. The van der Waals surface area contributed by atoms with Crippen molar-refractivity contribution in [3.05, 3.63) is 80.7 Å². The first-order valence-electron chi connectivity index (χ1n) is 10.3. The largest absolute Gasteiger partial charge is 0.503 e. The number of ketones is 1. The molecular weight excluding hydrogens is 498 g/mol. The number of fused-ring (bicyclic) bond motifs is 1. The van der Waals surface area contributed by atoms with Gasteiger partial charge < -0.3 is 19.2 Å². The minimum Gasteiger partial charge on any atom is -0.503 e. The van der Waals surface area contributed by atoms with Crippen molar-refractivity contribution in [2.45, 2.75) is 25.0 Å². The molecule has 2 atom stereocenters. The smallest absolute Gasteiger partial charge is 0.290 e. The van der Waals surface area contributed by atoms with E-state index in [0.717, 1.165) is 22.7 Å². The van der Waals surface area contributed by atoms with Gasteiger partial charge in [0, 0.05) is 28.0 Å². The molecule has 6 nitrogen and oxygen atoms in total. The van der Waals surface area contributed by atoms with Crippen LogP contribution in [-0.4, -0.2) is 41.0 Å². The third kappa shape index (κ3) is 3.74. The number of hydrogen-bond donors (Lipinski definition) is 1. The molecule has 1 N–H and O–H groups in total. The predicted octanol–water partition coefficient (Wildman–Crippen LogP) is 5.61. The summed E-state index contributed by atoms with van der Waals surface area (Å²) in [4.78, 5) is 28.1. The van der Waals surface area contributed by atoms with Crippen molar-refractivity contribution < 1.29 is 23.8 Å². The molecule has 2 aliphatic heterocycles. The van der Waals surface area contributed by atoms with Crippen molar-refractivity contribution in [1.82, 2.24) is 4.90 Å². The number of benzene rings is 2. The zero-order chi connectivity index (χ0) is 22.4. The van der Waals surface area contributed by atoms with Crippen molar-refractivity contribution in [1.29, 1.82) is 0 Å². The van der Waals surface area contributed by atoms with Crippen molar-refractivity contribution in [3.8, 4) is 0 Å². The minimum absolute atomic E-state index is 0.00607. The normalized spacial score (nSPS) is 21.2. The van der Waals surface area contributed by atoms with Crippen LogP contribution in [0.5, 0.6) is 0 Å². The molecule has 3 heterocycles. The molecule has 2 unspecified atom stereocenters. The van der Waals surface area contributed by atoms with E-state index >= 15 is 0 Å². The van der Waals surface area contributed by atoms with Crippen LogP contribution in [0.2, 0.25) is 5.02 Å². The van der Waals surface area contributed by atoms with Crippen LogP contribution in [-0.2, 0) is 9.53 Å². The molecule has 0 radical (unpaired) electrons. The van der Waals surface area contributed by atoms with Crippen LogP contribution >= 0.6 is 27.5 Å². The first kappa shape index (κ1) is 21.2. The Bertz CT molecular complexity index is 1240. The summed E-state index contributed by atoms with van der Waals surface area (Å²) >= 11 is 9.46. The lowest BCUT2D eigenvalue weighted by Crippen LogP contribution is -2.37. The molecule has 1 fully saturated rings. The monoisotopic (exact) mass is 515 g/mol. The Morgan fingerprint density at radius 2 is 1.97 bits per heavy atom. The topological polar surface area (TPSA) is 80.0 Å². The van der Waals surface area contributed by atoms with E-state index in [1.807, 2.05) is 12.1 Å². The van der Waals surface area contributed by atoms with E-state index in [9.17, 15) is 14.7 Å². The number of carbonyl (C=O) groups is 2. The zero-order valence-electron chi connectivity index (χ0n) is 16.9. The van der Waals surface area contributed by atoms with Gasteiger partial charge in [-0.2, -0.15) is 0 Å². The van der Waals surface area contributed by atoms with Crippen LogP contribution in [0.15, 0.2) is 68.8 Å². The van der Waals surface area contributed by atoms with Gasteiger partial charge in [-0.3, -0.25) is 9.59 Å². The third-order valence-electron chi connectivity index (χ3n) is 5.86. The second kappa shape index (κ2) is 8.39. The number of aliphatic hydroxyl groups excluding tert-OH is 1. The van der Waals surface area contributed by atoms with Crippen molar-refractivity contribution in [2.24, 2.45) is 0 Å². The average Bonchev–Trinajstić information content (AvgIpc) is 3.49. The number of aliphatic hydroxyl groups is 1. The van der Waals surface area contributed by atoms with Crippen LogP contribution < -0.4 is 0 Å². The highest BCUT2D eigenvalue weighted by Crippen LogP contribution is 2.40. The second-order valence-corrected chi connectivity index (χ2v) is 9.28. The minimum atomic E-state index is -0.767. The van der Waals surface area contributed by atoms with E-state index in [1.54, 1.807) is 36.4 Å². The van der Waals surface area contributed by atoms with Gasteiger partial charge in [0.1, 0.15) is 5.58 Å². The van der Waals surface area contributed by atoms with Gasteiger partial charge in [0.2, 0.25) is 5.78 Å². The number of amides is 1. The lowest BCUT2D eigenvalue weighted by atomic mass is 9.95. The molecule has 2 aliphatic rings. The molecular formula is C24H19BrClNO5. The molecule has 0 spiro atoms. The number of furan rings is 1. The Morgan fingerprint density at radius 1 is 1.19 bits per heavy atom. The summed E-state index contributed by atoms with van der Waals surface area (Å²) in [5.74, 6) is -1.62. The number of nitrogens with zero attached hydrogens (tertiary/aromatic N) is 1. The Hall–Kier alpha value is -2.61. The fraction of sp³-hybridized carbons (Fsp3) is 0.250. The van der Waals surface area contributed by atoms with Gasteiger partial charge in [-0.15, -0.1) is 0 Å². The number of Topliss-reactive ketones (excluding diaryl/α,β-unsaturated/α-hetero) is 1. The lowest BCUT2D eigenvalue weighted by molar-refractivity contribution is -0.131. The summed E-state index contributed by atoms with van der Waals surface area (Å²) in [6, 6.07) is 13.2. The zero-order valence-corrected chi connectivity index (χ0v) is 19.2. The van der Waals surface area contributed by atoms with Crippen molar-refractivity contribution >= 4 is 50.2 Å². The van der Waals surface area contributed by atoms with Gasteiger partial charge in [0.15, 0.2) is 11.5 Å². The fourth-order valence-corrected chi connectivity index (χ4v) is 4.84. The molecule has 1 saturated heterocycles. The maximum atomic E-state index is 13.5. The molecule has 8 heteroatoms. The van der Waals surface area contributed by atoms with Crippen LogP contribution in [0, 0.1) is 0 Å².